The molecule has 0 saturated heterocycles. The highest BCUT2D eigenvalue weighted by Crippen LogP contribution is 2.22. The van der Waals surface area contributed by atoms with Crippen molar-refractivity contribution in [2.45, 2.75) is 116 Å². The van der Waals surface area contributed by atoms with Gasteiger partial charge in [-0.15, -0.1) is 0 Å². The van der Waals surface area contributed by atoms with Crippen molar-refractivity contribution < 1.29 is 5.11 Å². The van der Waals surface area contributed by atoms with Crippen molar-refractivity contribution in [1.82, 2.24) is 0 Å². The molecule has 19 heavy (non-hydrogen) atoms. The summed E-state index contributed by atoms with van der Waals surface area (Å²) in [6.45, 7) is 6.54. The predicted molar refractivity (Wildman–Crippen MR) is 86.6 cm³/mol. The largest absolute Gasteiger partial charge is 0.390 e. The molecule has 0 aliphatic rings. The van der Waals surface area contributed by atoms with Crippen molar-refractivity contribution >= 4 is 0 Å². The molecule has 1 nitrogen and oxygen atoms in total. The summed E-state index contributed by atoms with van der Waals surface area (Å²) in [5.74, 6) is 0. The summed E-state index contributed by atoms with van der Waals surface area (Å²) in [5, 5.41) is 10.3. The fraction of sp³-hybridized carbons (Fsp3) is 1.00. The molecule has 0 aliphatic heterocycles. The van der Waals surface area contributed by atoms with E-state index in [-0.39, 0.29) is 0 Å². The van der Waals surface area contributed by atoms with Crippen LogP contribution in [0.25, 0.3) is 0 Å². The molecule has 0 radical (unpaired) electrons. The van der Waals surface area contributed by atoms with Gasteiger partial charge in [0.25, 0.3) is 0 Å². The highest BCUT2D eigenvalue weighted by Gasteiger charge is 2.18. The van der Waals surface area contributed by atoms with E-state index in [0.717, 1.165) is 12.8 Å². The van der Waals surface area contributed by atoms with Crippen LogP contribution in [0.2, 0.25) is 0 Å². The van der Waals surface area contributed by atoms with E-state index in [9.17, 15) is 5.11 Å². The van der Waals surface area contributed by atoms with E-state index in [1.165, 1.54) is 77.0 Å². The summed E-state index contributed by atoms with van der Waals surface area (Å²) in [5.41, 5.74) is -0.407. The van der Waals surface area contributed by atoms with Crippen LogP contribution in [0.3, 0.4) is 0 Å². The van der Waals surface area contributed by atoms with Gasteiger partial charge in [0.05, 0.1) is 5.60 Å². The third-order valence-corrected chi connectivity index (χ3v) is 4.14. The lowest BCUT2D eigenvalue weighted by Gasteiger charge is -2.23. The number of hydrogen-bond acceptors (Lipinski definition) is 1. The minimum absolute atomic E-state index is 0.407. The molecule has 1 heteroatoms. The van der Waals surface area contributed by atoms with Gasteiger partial charge < -0.3 is 5.11 Å². The van der Waals surface area contributed by atoms with Gasteiger partial charge in [-0.1, -0.05) is 90.9 Å². The maximum Gasteiger partial charge on any atom is 0.0619 e. The van der Waals surface area contributed by atoms with Crippen LogP contribution in [-0.2, 0) is 0 Å². The summed E-state index contributed by atoms with van der Waals surface area (Å²) in [6, 6.07) is 0. The Hall–Kier alpha value is -0.0400. The molecule has 0 amide bonds. The smallest absolute Gasteiger partial charge is 0.0619 e. The van der Waals surface area contributed by atoms with E-state index < -0.39 is 5.60 Å². The second-order valence-electron chi connectivity index (χ2n) is 6.53. The molecule has 0 aromatic rings. The van der Waals surface area contributed by atoms with Crippen molar-refractivity contribution in [2.24, 2.45) is 0 Å². The van der Waals surface area contributed by atoms with Gasteiger partial charge in [-0.2, -0.15) is 0 Å². The van der Waals surface area contributed by atoms with Crippen molar-refractivity contribution in [1.29, 1.82) is 0 Å². The van der Waals surface area contributed by atoms with Crippen LogP contribution in [0.15, 0.2) is 0 Å². The van der Waals surface area contributed by atoms with Crippen molar-refractivity contribution in [2.75, 3.05) is 0 Å². The molecule has 0 aromatic heterocycles. The first kappa shape index (κ1) is 19.0. The van der Waals surface area contributed by atoms with Crippen LogP contribution in [0.1, 0.15) is 111 Å². The second kappa shape index (κ2) is 13.0. The minimum Gasteiger partial charge on any atom is -0.390 e. The van der Waals surface area contributed by atoms with Crippen LogP contribution in [-0.4, -0.2) is 10.7 Å². The molecule has 116 valence electrons. The van der Waals surface area contributed by atoms with Gasteiger partial charge in [-0.3, -0.25) is 0 Å². The summed E-state index contributed by atoms with van der Waals surface area (Å²) in [4.78, 5) is 0. The van der Waals surface area contributed by atoms with E-state index in [4.69, 9.17) is 0 Å². The molecule has 0 fully saturated rings. The van der Waals surface area contributed by atoms with Gasteiger partial charge in [-0.05, 0) is 19.8 Å². The fourth-order valence-electron chi connectivity index (χ4n) is 2.70. The average molecular weight is 271 g/mol. The Balaban J connectivity index is 3.35. The summed E-state index contributed by atoms with van der Waals surface area (Å²) < 4.78 is 0. The summed E-state index contributed by atoms with van der Waals surface area (Å²) in [7, 11) is 0. The van der Waals surface area contributed by atoms with Gasteiger partial charge in [-0.25, -0.2) is 0 Å². The van der Waals surface area contributed by atoms with Crippen molar-refractivity contribution in [3.63, 3.8) is 0 Å². The zero-order chi connectivity index (χ0) is 14.4. The van der Waals surface area contributed by atoms with Crippen molar-refractivity contribution in [3.8, 4) is 0 Å². The third-order valence-electron chi connectivity index (χ3n) is 4.14. The average Bonchev–Trinajstić information content (AvgIpc) is 2.37. The molecule has 1 unspecified atom stereocenters. The molecule has 1 N–H and O–H groups in total. The first-order valence-corrected chi connectivity index (χ1v) is 8.84. The topological polar surface area (TPSA) is 20.2 Å². The molecule has 0 bridgehead atoms. The third kappa shape index (κ3) is 14.2. The number of aliphatic hydroxyl groups is 1. The summed E-state index contributed by atoms with van der Waals surface area (Å²) >= 11 is 0. The molecule has 0 rings (SSSR count). The molecule has 0 heterocycles. The molecule has 0 aliphatic carbocycles. The zero-order valence-corrected chi connectivity index (χ0v) is 13.8. The molecular weight excluding hydrogens is 232 g/mol. The van der Waals surface area contributed by atoms with Gasteiger partial charge in [0, 0.05) is 0 Å². The van der Waals surface area contributed by atoms with Gasteiger partial charge in [0.15, 0.2) is 0 Å². The zero-order valence-electron chi connectivity index (χ0n) is 13.8. The fourth-order valence-corrected chi connectivity index (χ4v) is 2.70. The number of unbranched alkanes of at least 4 members (excludes halogenated alkanes) is 10. The van der Waals surface area contributed by atoms with Gasteiger partial charge in [0.1, 0.15) is 0 Å². The maximum absolute atomic E-state index is 10.3. The Morgan fingerprint density at radius 2 is 0.895 bits per heavy atom. The van der Waals surface area contributed by atoms with Crippen LogP contribution in [0.4, 0.5) is 0 Å². The molecule has 0 spiro atoms. The second-order valence-corrected chi connectivity index (χ2v) is 6.53. The first-order valence-electron chi connectivity index (χ1n) is 8.84. The van der Waals surface area contributed by atoms with E-state index in [2.05, 4.69) is 13.8 Å². The standard InChI is InChI=1S/C18H38O/c1-4-6-8-10-11-13-15-17-18(3,19)16-14-12-9-7-5-2/h19H,4-17H2,1-3H3. The monoisotopic (exact) mass is 270 g/mol. The Bertz CT molecular complexity index is 175. The van der Waals surface area contributed by atoms with Gasteiger partial charge in [0.2, 0.25) is 0 Å². The van der Waals surface area contributed by atoms with Crippen LogP contribution in [0.5, 0.6) is 0 Å². The Kier molecular flexibility index (Phi) is 12.9. The Morgan fingerprint density at radius 1 is 0.579 bits per heavy atom. The minimum atomic E-state index is -0.407. The molecule has 0 saturated carbocycles. The van der Waals surface area contributed by atoms with Crippen LogP contribution in [0, 0.1) is 0 Å². The number of rotatable bonds is 14. The van der Waals surface area contributed by atoms with Crippen molar-refractivity contribution in [3.05, 3.63) is 0 Å². The summed E-state index contributed by atoms with van der Waals surface area (Å²) in [6.07, 6.45) is 17.8. The SMILES string of the molecule is CCCCCCCCCC(C)(O)CCCCCCC. The van der Waals surface area contributed by atoms with E-state index in [0.29, 0.717) is 0 Å². The highest BCUT2D eigenvalue weighted by molar-refractivity contribution is 4.72. The van der Waals surface area contributed by atoms with Gasteiger partial charge >= 0.3 is 0 Å². The number of hydrogen-bond donors (Lipinski definition) is 1. The first-order chi connectivity index (χ1) is 9.12. The van der Waals surface area contributed by atoms with E-state index in [1.54, 1.807) is 0 Å². The molecule has 1 atom stereocenters. The normalized spacial score (nSPS) is 14.5. The van der Waals surface area contributed by atoms with Crippen LogP contribution < -0.4 is 0 Å². The van der Waals surface area contributed by atoms with Crippen LogP contribution >= 0.6 is 0 Å². The lowest BCUT2D eigenvalue weighted by molar-refractivity contribution is 0.0366. The maximum atomic E-state index is 10.3. The highest BCUT2D eigenvalue weighted by atomic mass is 16.3. The Morgan fingerprint density at radius 3 is 1.26 bits per heavy atom. The molecule has 0 aromatic carbocycles. The van der Waals surface area contributed by atoms with E-state index >= 15 is 0 Å². The lowest BCUT2D eigenvalue weighted by atomic mass is 9.91. The van der Waals surface area contributed by atoms with E-state index in [1.807, 2.05) is 6.92 Å². The Labute approximate surface area is 122 Å². The lowest BCUT2D eigenvalue weighted by Crippen LogP contribution is -2.23. The predicted octanol–water partition coefficient (Wildman–Crippen LogP) is 6.24. The quantitative estimate of drug-likeness (QED) is 0.370. The molecular formula is C18H38O.